The largest absolute Gasteiger partial charge is 0.505 e. The topological polar surface area (TPSA) is 98.3 Å². The highest BCUT2D eigenvalue weighted by Crippen LogP contribution is 2.26. The molecule has 0 saturated carbocycles. The fourth-order valence-electron chi connectivity index (χ4n) is 1.48. The Morgan fingerprint density at radius 3 is 2.50 bits per heavy atom. The maximum absolute atomic E-state index is 11.2. The van der Waals surface area contributed by atoms with Crippen molar-refractivity contribution in [3.8, 4) is 17.0 Å². The molecule has 2 aromatic rings. The van der Waals surface area contributed by atoms with E-state index in [1.807, 2.05) is 0 Å². The van der Waals surface area contributed by atoms with Crippen LogP contribution >= 0.6 is 0 Å². The van der Waals surface area contributed by atoms with E-state index in [9.17, 15) is 20.0 Å². The van der Waals surface area contributed by atoms with Crippen LogP contribution in [0.2, 0.25) is 0 Å². The monoisotopic (exact) mass is 247 g/mol. The molecule has 0 radical (unpaired) electrons. The van der Waals surface area contributed by atoms with Gasteiger partial charge in [-0.1, -0.05) is 0 Å². The highest BCUT2D eigenvalue weighted by molar-refractivity contribution is 5.66. The number of benzene rings is 1. The third-order valence-electron chi connectivity index (χ3n) is 2.42. The summed E-state index contributed by atoms with van der Waals surface area (Å²) in [6.07, 6.45) is 0. The first-order valence-electron chi connectivity index (χ1n) is 5.01. The summed E-state index contributed by atoms with van der Waals surface area (Å²) in [4.78, 5) is 21.2. The molecule has 92 valence electrons. The number of aromatic hydroxyl groups is 1. The van der Waals surface area contributed by atoms with Crippen molar-refractivity contribution in [3.05, 3.63) is 50.8 Å². The van der Waals surface area contributed by atoms with Crippen LogP contribution in [0.5, 0.6) is 5.75 Å². The van der Waals surface area contributed by atoms with E-state index in [4.69, 9.17) is 0 Å². The zero-order chi connectivity index (χ0) is 13.3. The van der Waals surface area contributed by atoms with Crippen LogP contribution in [0.15, 0.2) is 35.1 Å². The molecule has 0 atom stereocenters. The van der Waals surface area contributed by atoms with Crippen molar-refractivity contribution in [2.24, 2.45) is 7.05 Å². The van der Waals surface area contributed by atoms with Crippen LogP contribution in [0.3, 0.4) is 0 Å². The molecule has 0 amide bonds. The molecule has 0 aliphatic rings. The number of hydrogen-bond acceptors (Lipinski definition) is 5. The molecule has 1 aromatic heterocycles. The van der Waals surface area contributed by atoms with Crippen molar-refractivity contribution in [1.82, 2.24) is 9.78 Å². The average molecular weight is 247 g/mol. The van der Waals surface area contributed by atoms with E-state index >= 15 is 0 Å². The summed E-state index contributed by atoms with van der Waals surface area (Å²) in [5.74, 6) is -0.257. The third-order valence-corrected chi connectivity index (χ3v) is 2.42. The van der Waals surface area contributed by atoms with Crippen LogP contribution in [0.1, 0.15) is 0 Å². The fourth-order valence-corrected chi connectivity index (χ4v) is 1.48. The molecule has 1 aromatic carbocycles. The third kappa shape index (κ3) is 2.05. The predicted octanol–water partition coefficient (Wildman–Crippen LogP) is 1.06. The Kier molecular flexibility index (Phi) is 2.80. The average Bonchev–Trinajstić information content (AvgIpc) is 2.34. The standard InChI is InChI=1S/C11H9N3O4/c1-13-10(16)6-9(15)11(12-13)7-2-4-8(5-3-7)14(17)18/h2-6,15H,1H3. The van der Waals surface area contributed by atoms with Gasteiger partial charge >= 0.3 is 0 Å². The molecule has 0 spiro atoms. The van der Waals surface area contributed by atoms with Gasteiger partial charge in [0.05, 0.1) is 4.92 Å². The number of nitrogens with zero attached hydrogens (tertiary/aromatic N) is 3. The SMILES string of the molecule is Cn1nc(-c2ccc([N+](=O)[O-])cc2)c(O)cc1=O. The fraction of sp³-hybridized carbons (Fsp3) is 0.0909. The molecular weight excluding hydrogens is 238 g/mol. The van der Waals surface area contributed by atoms with Crippen LogP contribution in [-0.2, 0) is 7.05 Å². The molecule has 7 nitrogen and oxygen atoms in total. The molecule has 1 heterocycles. The molecule has 2 rings (SSSR count). The summed E-state index contributed by atoms with van der Waals surface area (Å²) in [6.45, 7) is 0. The number of non-ortho nitro benzene ring substituents is 1. The van der Waals surface area contributed by atoms with E-state index in [1.54, 1.807) is 0 Å². The predicted molar refractivity (Wildman–Crippen MR) is 63.2 cm³/mol. The maximum atomic E-state index is 11.2. The summed E-state index contributed by atoms with van der Waals surface area (Å²) in [5, 5.41) is 24.0. The number of aryl methyl sites for hydroxylation is 1. The van der Waals surface area contributed by atoms with Gasteiger partial charge < -0.3 is 5.11 Å². The van der Waals surface area contributed by atoms with Crippen molar-refractivity contribution >= 4 is 5.69 Å². The van der Waals surface area contributed by atoms with Gasteiger partial charge in [-0.3, -0.25) is 14.9 Å². The Balaban J connectivity index is 2.52. The first kappa shape index (κ1) is 11.8. The minimum atomic E-state index is -0.516. The lowest BCUT2D eigenvalue weighted by Gasteiger charge is -2.05. The number of rotatable bonds is 2. The summed E-state index contributed by atoms with van der Waals surface area (Å²) in [5.41, 5.74) is 0.210. The second-order valence-electron chi connectivity index (χ2n) is 3.64. The summed E-state index contributed by atoms with van der Waals surface area (Å²) < 4.78 is 1.08. The van der Waals surface area contributed by atoms with Gasteiger partial charge in [0.1, 0.15) is 11.4 Å². The first-order chi connectivity index (χ1) is 8.49. The van der Waals surface area contributed by atoms with Crippen molar-refractivity contribution in [1.29, 1.82) is 0 Å². The number of nitro groups is 1. The Morgan fingerprint density at radius 2 is 1.94 bits per heavy atom. The van der Waals surface area contributed by atoms with E-state index in [1.165, 1.54) is 31.3 Å². The molecule has 0 fully saturated rings. The normalized spacial score (nSPS) is 10.3. The first-order valence-corrected chi connectivity index (χ1v) is 5.01. The molecule has 0 saturated heterocycles. The minimum absolute atomic E-state index is 0.0527. The van der Waals surface area contributed by atoms with Gasteiger partial charge in [0, 0.05) is 30.8 Å². The van der Waals surface area contributed by atoms with Crippen molar-refractivity contribution < 1.29 is 10.0 Å². The Morgan fingerprint density at radius 1 is 1.33 bits per heavy atom. The molecule has 0 unspecified atom stereocenters. The zero-order valence-corrected chi connectivity index (χ0v) is 9.40. The van der Waals surface area contributed by atoms with Crippen molar-refractivity contribution in [3.63, 3.8) is 0 Å². The lowest BCUT2D eigenvalue weighted by molar-refractivity contribution is -0.384. The van der Waals surface area contributed by atoms with Crippen LogP contribution in [0.4, 0.5) is 5.69 Å². The summed E-state index contributed by atoms with van der Waals surface area (Å²) in [6, 6.07) is 6.59. The highest BCUT2D eigenvalue weighted by Gasteiger charge is 2.11. The number of nitro benzene ring substituents is 1. The van der Waals surface area contributed by atoms with Gasteiger partial charge in [0.15, 0.2) is 0 Å². The van der Waals surface area contributed by atoms with Gasteiger partial charge in [-0.2, -0.15) is 5.10 Å². The van der Waals surface area contributed by atoms with E-state index in [-0.39, 0.29) is 17.1 Å². The van der Waals surface area contributed by atoms with Crippen molar-refractivity contribution in [2.75, 3.05) is 0 Å². The molecule has 0 aliphatic heterocycles. The van der Waals surface area contributed by atoms with E-state index in [0.29, 0.717) is 5.56 Å². The molecular formula is C11H9N3O4. The number of hydrogen-bond donors (Lipinski definition) is 1. The van der Waals surface area contributed by atoms with Gasteiger partial charge in [-0.15, -0.1) is 0 Å². The van der Waals surface area contributed by atoms with Gasteiger partial charge in [0.25, 0.3) is 11.2 Å². The van der Waals surface area contributed by atoms with Crippen LogP contribution in [0.25, 0.3) is 11.3 Å². The Bertz CT molecular complexity index is 661. The Labute approximate surface area is 101 Å². The Hall–Kier alpha value is -2.70. The van der Waals surface area contributed by atoms with E-state index < -0.39 is 10.5 Å². The molecule has 18 heavy (non-hydrogen) atoms. The van der Waals surface area contributed by atoms with E-state index in [0.717, 1.165) is 10.7 Å². The van der Waals surface area contributed by atoms with Crippen LogP contribution in [0, 0.1) is 10.1 Å². The summed E-state index contributed by atoms with van der Waals surface area (Å²) in [7, 11) is 1.46. The van der Waals surface area contributed by atoms with Crippen LogP contribution < -0.4 is 5.56 Å². The number of aromatic nitrogens is 2. The molecule has 1 N–H and O–H groups in total. The highest BCUT2D eigenvalue weighted by atomic mass is 16.6. The zero-order valence-electron chi connectivity index (χ0n) is 9.40. The summed E-state index contributed by atoms with van der Waals surface area (Å²) >= 11 is 0. The molecule has 7 heteroatoms. The second-order valence-corrected chi connectivity index (χ2v) is 3.64. The lowest BCUT2D eigenvalue weighted by atomic mass is 10.1. The quantitative estimate of drug-likeness (QED) is 0.632. The van der Waals surface area contributed by atoms with Gasteiger partial charge in [-0.05, 0) is 12.1 Å². The van der Waals surface area contributed by atoms with E-state index in [2.05, 4.69) is 5.10 Å². The maximum Gasteiger partial charge on any atom is 0.270 e. The van der Waals surface area contributed by atoms with Crippen LogP contribution in [-0.4, -0.2) is 19.8 Å². The van der Waals surface area contributed by atoms with Gasteiger partial charge in [0.2, 0.25) is 0 Å². The molecule has 0 bridgehead atoms. The van der Waals surface area contributed by atoms with Gasteiger partial charge in [-0.25, -0.2) is 4.68 Å². The smallest absolute Gasteiger partial charge is 0.270 e. The lowest BCUT2D eigenvalue weighted by Crippen LogP contribution is -2.18. The van der Waals surface area contributed by atoms with Crippen molar-refractivity contribution in [2.45, 2.75) is 0 Å². The molecule has 0 aliphatic carbocycles. The minimum Gasteiger partial charge on any atom is -0.505 e. The second kappa shape index (κ2) is 4.28.